The van der Waals surface area contributed by atoms with Gasteiger partial charge in [-0.05, 0) is 10.6 Å². The van der Waals surface area contributed by atoms with E-state index >= 15 is 0 Å². The topological polar surface area (TPSA) is 0 Å². The molecule has 0 saturated heterocycles. The highest BCUT2D eigenvalue weighted by molar-refractivity contribution is 14.0. The Hall–Kier alpha value is -0.400. The number of benzene rings is 2. The second-order valence-corrected chi connectivity index (χ2v) is 4.26. The summed E-state index contributed by atoms with van der Waals surface area (Å²) in [5, 5.41) is 2.79. The average molecular weight is 314 g/mol. The van der Waals surface area contributed by atoms with Crippen molar-refractivity contribution in [2.24, 2.45) is 0 Å². The minimum Gasteiger partial charge on any atom is -0.107 e. The highest BCUT2D eigenvalue weighted by Gasteiger charge is 1.92. The molecule has 2 aromatic carbocycles. The van der Waals surface area contributed by atoms with Crippen molar-refractivity contribution in [1.82, 2.24) is 0 Å². The summed E-state index contributed by atoms with van der Waals surface area (Å²) >= 11 is 0. The molecule has 0 bridgehead atoms. The molecule has 2 rings (SSSR count). The molecule has 0 heterocycles. The van der Waals surface area contributed by atoms with Crippen molar-refractivity contribution in [3.8, 4) is 0 Å². The van der Waals surface area contributed by atoms with Crippen molar-refractivity contribution >= 4 is 43.2 Å². The van der Waals surface area contributed by atoms with Crippen LogP contribution in [0.3, 0.4) is 0 Å². The van der Waals surface area contributed by atoms with Crippen LogP contribution in [0.2, 0.25) is 0 Å². The Bertz CT molecular complexity index is 321. The number of halogens is 1. The molecule has 0 unspecified atom stereocenters. The molecule has 0 saturated carbocycles. The zero-order valence-corrected chi connectivity index (χ0v) is 11.0. The van der Waals surface area contributed by atoms with Crippen LogP contribution in [0.5, 0.6) is 0 Å². The highest BCUT2D eigenvalue weighted by Crippen LogP contribution is 2.08. The third-order valence-electron chi connectivity index (χ3n) is 1.84. The molecular weight excluding hydrogens is 302 g/mol. The number of hydrogen-bond acceptors (Lipinski definition) is 0. The molecule has 0 spiro atoms. The normalized spacial score (nSPS) is 9.14. The first-order valence-corrected chi connectivity index (χ1v) is 5.32. The van der Waals surface area contributed by atoms with Crippen LogP contribution in [0.15, 0.2) is 60.7 Å². The van der Waals surface area contributed by atoms with Gasteiger partial charge in [0, 0.05) is 0 Å². The van der Waals surface area contributed by atoms with E-state index in [1.165, 1.54) is 10.6 Å². The van der Waals surface area contributed by atoms with Gasteiger partial charge in [0.15, 0.2) is 0 Å². The fourth-order valence-electron chi connectivity index (χ4n) is 1.21. The summed E-state index contributed by atoms with van der Waals surface area (Å²) in [6.45, 7) is 0. The maximum atomic E-state index is 2.17. The van der Waals surface area contributed by atoms with Crippen molar-refractivity contribution in [2.75, 3.05) is 0 Å². The van der Waals surface area contributed by atoms with Crippen molar-refractivity contribution < 1.29 is 0 Å². The molecular formula is C12H12IP. The lowest BCUT2D eigenvalue weighted by atomic mass is 10.4. The van der Waals surface area contributed by atoms with E-state index in [4.69, 9.17) is 0 Å². The molecule has 0 radical (unpaired) electrons. The Morgan fingerprint density at radius 1 is 0.571 bits per heavy atom. The third kappa shape index (κ3) is 3.39. The fraction of sp³-hybridized carbons (Fsp3) is 0. The molecule has 14 heavy (non-hydrogen) atoms. The number of hydrogen-bond donors (Lipinski definition) is 0. The van der Waals surface area contributed by atoms with E-state index in [-0.39, 0.29) is 24.0 Å². The average Bonchev–Trinajstić information content (AvgIpc) is 2.21. The molecule has 0 amide bonds. The van der Waals surface area contributed by atoms with E-state index in [9.17, 15) is 0 Å². The molecule has 0 atom stereocenters. The van der Waals surface area contributed by atoms with Gasteiger partial charge < -0.3 is 0 Å². The van der Waals surface area contributed by atoms with E-state index in [0.717, 1.165) is 8.58 Å². The van der Waals surface area contributed by atoms with E-state index in [0.29, 0.717) is 0 Å². The van der Waals surface area contributed by atoms with Gasteiger partial charge in [-0.1, -0.05) is 69.2 Å². The summed E-state index contributed by atoms with van der Waals surface area (Å²) in [6.07, 6.45) is 0. The lowest BCUT2D eigenvalue weighted by molar-refractivity contribution is 1.76. The summed E-state index contributed by atoms with van der Waals surface area (Å²) in [6, 6.07) is 21.2. The lowest BCUT2D eigenvalue weighted by Crippen LogP contribution is -2.01. The van der Waals surface area contributed by atoms with Crippen LogP contribution in [-0.2, 0) is 0 Å². The first kappa shape index (κ1) is 11.7. The molecule has 2 heteroatoms. The molecule has 2 aromatic rings. The summed E-state index contributed by atoms with van der Waals surface area (Å²) in [5.74, 6) is 0. The Kier molecular flexibility index (Phi) is 5.13. The Morgan fingerprint density at radius 2 is 0.929 bits per heavy atom. The second kappa shape index (κ2) is 6.15. The fourth-order valence-corrected chi connectivity index (χ4v) is 2.26. The predicted octanol–water partition coefficient (Wildman–Crippen LogP) is 2.93. The third-order valence-corrected chi connectivity index (χ3v) is 3.08. The van der Waals surface area contributed by atoms with Gasteiger partial charge in [-0.15, -0.1) is 24.0 Å². The maximum absolute atomic E-state index is 2.17. The largest absolute Gasteiger partial charge is 0.107 e. The van der Waals surface area contributed by atoms with Crippen molar-refractivity contribution in [2.45, 2.75) is 0 Å². The van der Waals surface area contributed by atoms with Gasteiger partial charge in [0.05, 0.1) is 0 Å². The maximum Gasteiger partial charge on any atom is -0.0226 e. The van der Waals surface area contributed by atoms with E-state index in [1.807, 2.05) is 0 Å². The molecule has 72 valence electrons. The molecule has 0 aliphatic heterocycles. The van der Waals surface area contributed by atoms with Crippen LogP contribution in [0.25, 0.3) is 0 Å². The first-order chi connectivity index (χ1) is 6.45. The van der Waals surface area contributed by atoms with E-state index < -0.39 is 0 Å². The minimum atomic E-state index is 0. The van der Waals surface area contributed by atoms with Gasteiger partial charge in [0.1, 0.15) is 0 Å². The zero-order chi connectivity index (χ0) is 8.93. The van der Waals surface area contributed by atoms with Crippen LogP contribution in [-0.4, -0.2) is 0 Å². The predicted molar refractivity (Wildman–Crippen MR) is 75.9 cm³/mol. The SMILES string of the molecule is I.c1ccc(Pc2ccccc2)cc1. The van der Waals surface area contributed by atoms with Crippen molar-refractivity contribution in [3.63, 3.8) is 0 Å². The van der Waals surface area contributed by atoms with Crippen molar-refractivity contribution in [3.05, 3.63) is 60.7 Å². The summed E-state index contributed by atoms with van der Waals surface area (Å²) in [5.41, 5.74) is 0. The molecule has 0 aliphatic rings. The summed E-state index contributed by atoms with van der Waals surface area (Å²) < 4.78 is 0. The van der Waals surface area contributed by atoms with Crippen LogP contribution < -0.4 is 10.6 Å². The van der Waals surface area contributed by atoms with Crippen LogP contribution in [0.4, 0.5) is 0 Å². The van der Waals surface area contributed by atoms with Gasteiger partial charge in [0.25, 0.3) is 0 Å². The first-order valence-electron chi connectivity index (χ1n) is 4.32. The smallest absolute Gasteiger partial charge is 0.0226 e. The van der Waals surface area contributed by atoms with Gasteiger partial charge in [-0.3, -0.25) is 0 Å². The highest BCUT2D eigenvalue weighted by atomic mass is 127. The molecule has 0 aliphatic carbocycles. The van der Waals surface area contributed by atoms with E-state index in [1.54, 1.807) is 0 Å². The second-order valence-electron chi connectivity index (χ2n) is 2.86. The molecule has 0 fully saturated rings. The summed E-state index contributed by atoms with van der Waals surface area (Å²) in [7, 11) is 0.777. The Morgan fingerprint density at radius 3 is 1.29 bits per heavy atom. The van der Waals surface area contributed by atoms with Crippen molar-refractivity contribution in [1.29, 1.82) is 0 Å². The minimum absolute atomic E-state index is 0. The number of rotatable bonds is 2. The standard InChI is InChI=1S/C12H11P.HI/c1-3-7-11(8-4-1)13-12-9-5-2-6-10-12;/h1-10,13H;1H. The molecule has 0 N–H and O–H groups in total. The Labute approximate surface area is 104 Å². The van der Waals surface area contributed by atoms with E-state index in [2.05, 4.69) is 60.7 Å². The van der Waals surface area contributed by atoms with Gasteiger partial charge >= 0.3 is 0 Å². The monoisotopic (exact) mass is 314 g/mol. The van der Waals surface area contributed by atoms with Crippen LogP contribution >= 0.6 is 32.6 Å². The summed E-state index contributed by atoms with van der Waals surface area (Å²) in [4.78, 5) is 0. The lowest BCUT2D eigenvalue weighted by Gasteiger charge is -2.00. The van der Waals surface area contributed by atoms with Gasteiger partial charge in [-0.2, -0.15) is 0 Å². The Balaban J connectivity index is 0.000000980. The molecule has 0 aromatic heterocycles. The van der Waals surface area contributed by atoms with Gasteiger partial charge in [-0.25, -0.2) is 0 Å². The van der Waals surface area contributed by atoms with Crippen LogP contribution in [0.1, 0.15) is 0 Å². The molecule has 0 nitrogen and oxygen atoms in total. The van der Waals surface area contributed by atoms with Gasteiger partial charge in [0.2, 0.25) is 0 Å². The quantitative estimate of drug-likeness (QED) is 0.591. The zero-order valence-electron chi connectivity index (χ0n) is 7.68. The van der Waals surface area contributed by atoms with Crippen LogP contribution in [0, 0.1) is 0 Å².